The SMILES string of the molecule is CN1CCC(N(C)Cc2ccsc2C(=O)O)CC1. The van der Waals surface area contributed by atoms with E-state index in [0.717, 1.165) is 25.2 Å². The molecular formula is C13H20N2O2S. The third-order valence-corrected chi connectivity index (χ3v) is 4.62. The third kappa shape index (κ3) is 3.10. The van der Waals surface area contributed by atoms with Crippen LogP contribution in [0, 0.1) is 0 Å². The standard InChI is InChI=1S/C13H20N2O2S/c1-14-6-3-11(4-7-14)15(2)9-10-5-8-18-12(10)13(16)17/h5,8,11H,3-4,6-7,9H2,1-2H3,(H,16,17). The van der Waals surface area contributed by atoms with Gasteiger partial charge in [-0.15, -0.1) is 11.3 Å². The maximum absolute atomic E-state index is 11.1. The van der Waals surface area contributed by atoms with Crippen molar-refractivity contribution in [3.63, 3.8) is 0 Å². The summed E-state index contributed by atoms with van der Waals surface area (Å²) in [6, 6.07) is 2.50. The second kappa shape index (κ2) is 5.82. The predicted octanol–water partition coefficient (Wildman–Crippen LogP) is 1.97. The Morgan fingerprint density at radius 1 is 1.56 bits per heavy atom. The van der Waals surface area contributed by atoms with Gasteiger partial charge in [-0.25, -0.2) is 4.79 Å². The van der Waals surface area contributed by atoms with Gasteiger partial charge in [0.1, 0.15) is 4.88 Å². The third-order valence-electron chi connectivity index (χ3n) is 3.67. The lowest BCUT2D eigenvalue weighted by Crippen LogP contribution is -2.41. The summed E-state index contributed by atoms with van der Waals surface area (Å²) in [6.07, 6.45) is 2.33. The first kappa shape index (κ1) is 13.5. The van der Waals surface area contributed by atoms with Crippen LogP contribution in [0.5, 0.6) is 0 Å². The second-order valence-corrected chi connectivity index (χ2v) is 5.95. The highest BCUT2D eigenvalue weighted by Crippen LogP contribution is 2.21. The van der Waals surface area contributed by atoms with Gasteiger partial charge in [0.25, 0.3) is 0 Å². The molecule has 5 heteroatoms. The van der Waals surface area contributed by atoms with Crippen LogP contribution in [0.25, 0.3) is 0 Å². The van der Waals surface area contributed by atoms with Gasteiger partial charge >= 0.3 is 5.97 Å². The first-order valence-corrected chi connectivity index (χ1v) is 7.14. The molecule has 1 aliphatic rings. The fourth-order valence-electron chi connectivity index (χ4n) is 2.48. The number of carboxylic acids is 1. The molecule has 0 radical (unpaired) electrons. The van der Waals surface area contributed by atoms with Gasteiger partial charge in [0.05, 0.1) is 0 Å². The van der Waals surface area contributed by atoms with E-state index in [4.69, 9.17) is 5.11 Å². The minimum atomic E-state index is -0.809. The molecule has 0 unspecified atom stereocenters. The highest BCUT2D eigenvalue weighted by molar-refractivity contribution is 7.12. The number of hydrogen-bond donors (Lipinski definition) is 1. The summed E-state index contributed by atoms with van der Waals surface area (Å²) in [5.74, 6) is -0.809. The maximum Gasteiger partial charge on any atom is 0.346 e. The van der Waals surface area contributed by atoms with E-state index in [1.54, 1.807) is 0 Å². The molecule has 1 N–H and O–H groups in total. The van der Waals surface area contributed by atoms with E-state index in [1.807, 2.05) is 11.4 Å². The molecule has 0 amide bonds. The Hall–Kier alpha value is -0.910. The number of nitrogens with zero attached hydrogens (tertiary/aromatic N) is 2. The van der Waals surface area contributed by atoms with Gasteiger partial charge in [0.15, 0.2) is 0 Å². The van der Waals surface area contributed by atoms with Crippen LogP contribution >= 0.6 is 11.3 Å². The molecule has 1 saturated heterocycles. The highest BCUT2D eigenvalue weighted by Gasteiger charge is 2.22. The molecule has 1 aromatic heterocycles. The number of aromatic carboxylic acids is 1. The minimum absolute atomic E-state index is 0.481. The van der Waals surface area contributed by atoms with Gasteiger partial charge in [-0.2, -0.15) is 0 Å². The van der Waals surface area contributed by atoms with E-state index < -0.39 is 5.97 Å². The van der Waals surface area contributed by atoms with E-state index in [0.29, 0.717) is 10.9 Å². The zero-order valence-electron chi connectivity index (χ0n) is 10.9. The van der Waals surface area contributed by atoms with Crippen LogP contribution in [0.15, 0.2) is 11.4 Å². The molecule has 1 aliphatic heterocycles. The molecule has 2 heterocycles. The van der Waals surface area contributed by atoms with Crippen LogP contribution in [0.1, 0.15) is 28.1 Å². The van der Waals surface area contributed by atoms with Crippen LogP contribution in [0.3, 0.4) is 0 Å². The van der Waals surface area contributed by atoms with Crippen molar-refractivity contribution >= 4 is 17.3 Å². The van der Waals surface area contributed by atoms with Gasteiger partial charge in [-0.05, 0) is 57.0 Å². The molecule has 4 nitrogen and oxygen atoms in total. The van der Waals surface area contributed by atoms with E-state index in [1.165, 1.54) is 24.2 Å². The Morgan fingerprint density at radius 2 is 2.22 bits per heavy atom. The summed E-state index contributed by atoms with van der Waals surface area (Å²) >= 11 is 1.31. The van der Waals surface area contributed by atoms with Crippen molar-refractivity contribution in [1.29, 1.82) is 0 Å². The highest BCUT2D eigenvalue weighted by atomic mass is 32.1. The van der Waals surface area contributed by atoms with E-state index in [-0.39, 0.29) is 0 Å². The van der Waals surface area contributed by atoms with Gasteiger partial charge in [-0.1, -0.05) is 0 Å². The molecule has 0 aromatic carbocycles. The molecule has 18 heavy (non-hydrogen) atoms. The van der Waals surface area contributed by atoms with Crippen LogP contribution < -0.4 is 0 Å². The fourth-order valence-corrected chi connectivity index (χ4v) is 3.23. The summed E-state index contributed by atoms with van der Waals surface area (Å²) in [5.41, 5.74) is 0.939. The lowest BCUT2D eigenvalue weighted by Gasteiger charge is -2.35. The van der Waals surface area contributed by atoms with Crippen molar-refractivity contribution in [2.24, 2.45) is 0 Å². The number of hydrogen-bond acceptors (Lipinski definition) is 4. The average Bonchev–Trinajstić information content (AvgIpc) is 2.78. The molecule has 0 atom stereocenters. The van der Waals surface area contributed by atoms with Crippen molar-refractivity contribution in [3.05, 3.63) is 21.9 Å². The summed E-state index contributed by atoms with van der Waals surface area (Å²) in [5, 5.41) is 11.0. The molecule has 100 valence electrons. The van der Waals surface area contributed by atoms with Gasteiger partial charge in [-0.3, -0.25) is 4.90 Å². The Bertz CT molecular complexity index is 411. The number of rotatable bonds is 4. The van der Waals surface area contributed by atoms with E-state index in [2.05, 4.69) is 23.9 Å². The lowest BCUT2D eigenvalue weighted by atomic mass is 10.0. The quantitative estimate of drug-likeness (QED) is 0.907. The molecule has 0 aliphatic carbocycles. The zero-order valence-corrected chi connectivity index (χ0v) is 11.7. The number of carbonyl (C=O) groups is 1. The molecule has 2 rings (SSSR count). The number of carboxylic acid groups (broad SMARTS) is 1. The summed E-state index contributed by atoms with van der Waals surface area (Å²) in [4.78, 5) is 16.2. The predicted molar refractivity (Wildman–Crippen MR) is 73.3 cm³/mol. The van der Waals surface area contributed by atoms with Crippen LogP contribution in [0.2, 0.25) is 0 Å². The average molecular weight is 268 g/mol. The van der Waals surface area contributed by atoms with Gasteiger partial charge < -0.3 is 10.0 Å². The van der Waals surface area contributed by atoms with Gasteiger partial charge in [0, 0.05) is 12.6 Å². The van der Waals surface area contributed by atoms with Gasteiger partial charge in [0.2, 0.25) is 0 Å². The largest absolute Gasteiger partial charge is 0.477 e. The van der Waals surface area contributed by atoms with Crippen molar-refractivity contribution in [1.82, 2.24) is 9.80 Å². The Morgan fingerprint density at radius 3 is 2.83 bits per heavy atom. The monoisotopic (exact) mass is 268 g/mol. The van der Waals surface area contributed by atoms with Crippen molar-refractivity contribution < 1.29 is 9.90 Å². The van der Waals surface area contributed by atoms with Crippen molar-refractivity contribution in [3.8, 4) is 0 Å². The molecular weight excluding hydrogens is 248 g/mol. The Labute approximate surface area is 112 Å². The first-order valence-electron chi connectivity index (χ1n) is 6.26. The lowest BCUT2D eigenvalue weighted by molar-refractivity contribution is 0.0699. The summed E-state index contributed by atoms with van der Waals surface area (Å²) in [7, 11) is 4.25. The molecule has 1 aromatic rings. The van der Waals surface area contributed by atoms with Crippen molar-refractivity contribution in [2.45, 2.75) is 25.4 Å². The van der Waals surface area contributed by atoms with E-state index in [9.17, 15) is 4.79 Å². The van der Waals surface area contributed by atoms with Crippen molar-refractivity contribution in [2.75, 3.05) is 27.2 Å². The minimum Gasteiger partial charge on any atom is -0.477 e. The summed E-state index contributed by atoms with van der Waals surface area (Å²) < 4.78 is 0. The topological polar surface area (TPSA) is 43.8 Å². The first-order chi connectivity index (χ1) is 8.58. The number of piperidine rings is 1. The Balaban J connectivity index is 1.96. The smallest absolute Gasteiger partial charge is 0.346 e. The van der Waals surface area contributed by atoms with Crippen LogP contribution in [-0.4, -0.2) is 54.1 Å². The fraction of sp³-hybridized carbons (Fsp3) is 0.615. The normalized spacial score (nSPS) is 18.4. The number of thiophene rings is 1. The maximum atomic E-state index is 11.1. The molecule has 0 spiro atoms. The molecule has 1 fully saturated rings. The molecule has 0 bridgehead atoms. The second-order valence-electron chi connectivity index (χ2n) is 5.03. The number of likely N-dealkylation sites (tertiary alicyclic amines) is 1. The van der Waals surface area contributed by atoms with E-state index >= 15 is 0 Å². The van der Waals surface area contributed by atoms with Crippen LogP contribution in [0.4, 0.5) is 0 Å². The Kier molecular flexibility index (Phi) is 4.37. The van der Waals surface area contributed by atoms with Crippen LogP contribution in [-0.2, 0) is 6.54 Å². The zero-order chi connectivity index (χ0) is 13.1. The molecule has 0 saturated carbocycles. The summed E-state index contributed by atoms with van der Waals surface area (Å²) in [6.45, 7) is 2.99.